The van der Waals surface area contributed by atoms with E-state index in [0.717, 1.165) is 17.7 Å². The van der Waals surface area contributed by atoms with Gasteiger partial charge in [-0.25, -0.2) is 19.7 Å². The number of aliphatic hydroxyl groups excluding tert-OH is 1. The van der Waals surface area contributed by atoms with Crippen molar-refractivity contribution in [3.63, 3.8) is 0 Å². The van der Waals surface area contributed by atoms with Crippen LogP contribution in [0.5, 0.6) is 0 Å². The van der Waals surface area contributed by atoms with Crippen molar-refractivity contribution in [1.29, 1.82) is 0 Å². The van der Waals surface area contributed by atoms with E-state index in [2.05, 4.69) is 51.3 Å². The van der Waals surface area contributed by atoms with E-state index in [4.69, 9.17) is 10.5 Å². The first-order chi connectivity index (χ1) is 17.7. The molecular weight excluding hydrogens is 476 g/mol. The van der Waals surface area contributed by atoms with E-state index < -0.39 is 17.9 Å². The first kappa shape index (κ1) is 26.7. The van der Waals surface area contributed by atoms with Crippen LogP contribution in [0.15, 0.2) is 36.9 Å². The van der Waals surface area contributed by atoms with Gasteiger partial charge in [-0.15, -0.1) is 0 Å². The third kappa shape index (κ3) is 5.82. The number of aryl methyl sites for hydroxylation is 1. The molecule has 3 aromatic rings. The first-order valence-corrected chi connectivity index (χ1v) is 12.6. The van der Waals surface area contributed by atoms with Crippen LogP contribution in [0.4, 0.5) is 16.3 Å². The first-order valence-electron chi connectivity index (χ1n) is 12.6. The van der Waals surface area contributed by atoms with Gasteiger partial charge in [-0.2, -0.15) is 0 Å². The molecule has 2 aromatic heterocycles. The molecule has 0 spiro atoms. The van der Waals surface area contributed by atoms with E-state index >= 15 is 0 Å². The zero-order valence-corrected chi connectivity index (χ0v) is 21.5. The molecule has 1 aliphatic heterocycles. The average molecular weight is 513 g/mol. The number of anilines is 2. The molecule has 0 unspecified atom stereocenters. The van der Waals surface area contributed by atoms with E-state index in [9.17, 15) is 15.0 Å². The predicted octanol–water partition coefficient (Wildman–Crippen LogP) is 1.30. The van der Waals surface area contributed by atoms with Crippen LogP contribution in [-0.2, 0) is 16.9 Å². The second kappa shape index (κ2) is 11.4. The molecule has 0 aliphatic carbocycles. The standard InChI is InChI=1S/C25H36N8O4/c1-4-17-7-5-8-18(11-17)31-24(35)27-9-6-10-32(16(2)3)12-19-21(34)25(36,13-37-19)33-15-30-20-22(26)28-14-29-23(20)33/h5,7-8,11,14-16,19,21,34,36H,4,6,9-10,12-13H2,1-3H3,(H2,26,28,29)(H2,27,31,35)/t19-,21-,25+/m1/s1. The number of aliphatic hydroxyl groups is 2. The largest absolute Gasteiger partial charge is 0.385 e. The van der Waals surface area contributed by atoms with Crippen LogP contribution in [0.3, 0.4) is 0 Å². The van der Waals surface area contributed by atoms with E-state index in [1.807, 2.05) is 24.3 Å². The summed E-state index contributed by atoms with van der Waals surface area (Å²) < 4.78 is 7.24. The van der Waals surface area contributed by atoms with Gasteiger partial charge in [0.2, 0.25) is 0 Å². The second-order valence-electron chi connectivity index (χ2n) is 9.60. The Morgan fingerprint density at radius 3 is 2.92 bits per heavy atom. The molecular formula is C25H36N8O4. The van der Waals surface area contributed by atoms with Crippen molar-refractivity contribution in [1.82, 2.24) is 29.7 Å². The van der Waals surface area contributed by atoms with E-state index in [0.29, 0.717) is 37.2 Å². The molecule has 0 saturated carbocycles. The second-order valence-corrected chi connectivity index (χ2v) is 9.60. The number of benzene rings is 1. The van der Waals surface area contributed by atoms with Gasteiger partial charge in [-0.1, -0.05) is 19.1 Å². The number of nitrogen functional groups attached to an aromatic ring is 1. The summed E-state index contributed by atoms with van der Waals surface area (Å²) in [5.41, 5.74) is 6.72. The number of nitrogens with two attached hydrogens (primary N) is 1. The zero-order chi connectivity index (χ0) is 26.6. The molecule has 37 heavy (non-hydrogen) atoms. The summed E-state index contributed by atoms with van der Waals surface area (Å²) in [5, 5.41) is 28.2. The van der Waals surface area contributed by atoms with Crippen LogP contribution in [-0.4, -0.2) is 85.2 Å². The van der Waals surface area contributed by atoms with E-state index in [1.54, 1.807) is 0 Å². The minimum atomic E-state index is -1.74. The minimum Gasteiger partial charge on any atom is -0.385 e. The smallest absolute Gasteiger partial charge is 0.319 e. The topological polar surface area (TPSA) is 164 Å². The summed E-state index contributed by atoms with van der Waals surface area (Å²) in [6.45, 7) is 7.62. The number of nitrogens with one attached hydrogen (secondary N) is 2. The van der Waals surface area contributed by atoms with Gasteiger partial charge in [0.1, 0.15) is 24.1 Å². The van der Waals surface area contributed by atoms with Crippen molar-refractivity contribution in [2.45, 2.75) is 57.6 Å². The third-order valence-corrected chi connectivity index (χ3v) is 6.76. The lowest BCUT2D eigenvalue weighted by Gasteiger charge is -2.32. The Labute approximate surface area is 215 Å². The molecule has 6 N–H and O–H groups in total. The Kier molecular flexibility index (Phi) is 8.22. The molecule has 4 rings (SSSR count). The van der Waals surface area contributed by atoms with Crippen LogP contribution in [0.25, 0.3) is 11.2 Å². The van der Waals surface area contributed by atoms with Gasteiger partial charge in [-0.05, 0) is 44.4 Å². The zero-order valence-electron chi connectivity index (χ0n) is 21.5. The minimum absolute atomic E-state index is 0.124. The third-order valence-electron chi connectivity index (χ3n) is 6.76. The van der Waals surface area contributed by atoms with Crippen LogP contribution < -0.4 is 16.4 Å². The SMILES string of the molecule is CCc1cccc(NC(=O)NCCCN(C[C@H]2OC[C@@](O)(n3cnc4c(N)ncnc43)[C@@H]2O)C(C)C)c1. The van der Waals surface area contributed by atoms with Crippen molar-refractivity contribution in [3.8, 4) is 0 Å². The number of aromatic nitrogens is 4. The number of hydrogen-bond donors (Lipinski definition) is 5. The summed E-state index contributed by atoms with van der Waals surface area (Å²) in [4.78, 5) is 26.7. The number of hydrogen-bond acceptors (Lipinski definition) is 9. The van der Waals surface area contributed by atoms with E-state index in [-0.39, 0.29) is 24.5 Å². The Balaban J connectivity index is 1.30. The van der Waals surface area contributed by atoms with Crippen LogP contribution in [0.1, 0.15) is 32.8 Å². The average Bonchev–Trinajstić information content (AvgIpc) is 3.44. The number of nitrogens with zero attached hydrogens (tertiary/aromatic N) is 5. The van der Waals surface area contributed by atoms with Crippen LogP contribution >= 0.6 is 0 Å². The summed E-state index contributed by atoms with van der Waals surface area (Å²) >= 11 is 0. The monoisotopic (exact) mass is 512 g/mol. The van der Waals surface area contributed by atoms with Crippen molar-refractivity contribution < 1.29 is 19.7 Å². The highest BCUT2D eigenvalue weighted by Gasteiger charge is 2.50. The fraction of sp³-hybridized carbons (Fsp3) is 0.520. The predicted molar refractivity (Wildman–Crippen MR) is 140 cm³/mol. The molecule has 2 amide bonds. The van der Waals surface area contributed by atoms with Gasteiger partial charge in [0.15, 0.2) is 17.2 Å². The fourth-order valence-corrected chi connectivity index (χ4v) is 4.52. The lowest BCUT2D eigenvalue weighted by Crippen LogP contribution is -2.49. The quantitative estimate of drug-likeness (QED) is 0.252. The highest BCUT2D eigenvalue weighted by Crippen LogP contribution is 2.33. The number of carbonyl (C=O) groups is 1. The van der Waals surface area contributed by atoms with Gasteiger partial charge in [0, 0.05) is 31.4 Å². The molecule has 1 fully saturated rings. The van der Waals surface area contributed by atoms with E-state index in [1.165, 1.54) is 17.2 Å². The van der Waals surface area contributed by atoms with Crippen LogP contribution in [0.2, 0.25) is 0 Å². The molecule has 1 aromatic carbocycles. The lowest BCUT2D eigenvalue weighted by molar-refractivity contribution is -0.109. The van der Waals surface area contributed by atoms with Gasteiger partial charge < -0.3 is 31.3 Å². The summed E-state index contributed by atoms with van der Waals surface area (Å²) in [6, 6.07) is 7.69. The van der Waals surface area contributed by atoms with Crippen molar-refractivity contribution >= 4 is 28.7 Å². The van der Waals surface area contributed by atoms with Crippen molar-refractivity contribution in [2.75, 3.05) is 37.3 Å². The number of imidazole rings is 1. The Morgan fingerprint density at radius 1 is 1.35 bits per heavy atom. The molecule has 0 radical (unpaired) electrons. The molecule has 12 heteroatoms. The number of amides is 2. The Bertz CT molecular complexity index is 1220. The number of rotatable bonds is 10. The molecule has 200 valence electrons. The molecule has 1 saturated heterocycles. The fourth-order valence-electron chi connectivity index (χ4n) is 4.52. The maximum atomic E-state index is 12.3. The van der Waals surface area contributed by atoms with Gasteiger partial charge >= 0.3 is 6.03 Å². The number of urea groups is 1. The van der Waals surface area contributed by atoms with Gasteiger partial charge in [0.25, 0.3) is 0 Å². The normalized spacial score (nSPS) is 21.7. The van der Waals surface area contributed by atoms with Crippen molar-refractivity contribution in [2.24, 2.45) is 0 Å². The molecule has 3 heterocycles. The van der Waals surface area contributed by atoms with Gasteiger partial charge in [-0.3, -0.25) is 9.47 Å². The molecule has 1 aliphatic rings. The molecule has 12 nitrogen and oxygen atoms in total. The summed E-state index contributed by atoms with van der Waals surface area (Å²) in [5.74, 6) is 0.194. The van der Waals surface area contributed by atoms with Gasteiger partial charge in [0.05, 0.1) is 12.9 Å². The maximum absolute atomic E-state index is 12.3. The summed E-state index contributed by atoms with van der Waals surface area (Å²) in [7, 11) is 0. The lowest BCUT2D eigenvalue weighted by atomic mass is 10.0. The number of carbonyl (C=O) groups excluding carboxylic acids is 1. The maximum Gasteiger partial charge on any atom is 0.319 e. The number of fused-ring (bicyclic) bond motifs is 1. The number of ether oxygens (including phenoxy) is 1. The Morgan fingerprint density at radius 2 is 2.16 bits per heavy atom. The highest BCUT2D eigenvalue weighted by molar-refractivity contribution is 5.89. The van der Waals surface area contributed by atoms with Crippen molar-refractivity contribution in [3.05, 3.63) is 42.5 Å². The molecule has 3 atom stereocenters. The van der Waals surface area contributed by atoms with Crippen LogP contribution in [0, 0.1) is 0 Å². The highest BCUT2D eigenvalue weighted by atomic mass is 16.5. The summed E-state index contributed by atoms with van der Waals surface area (Å²) in [6.07, 6.45) is 2.43. The Hall–Kier alpha value is -3.32. The molecule has 0 bridgehead atoms.